The Balaban J connectivity index is 2.20. The second-order valence-corrected chi connectivity index (χ2v) is 4.84. The molecule has 2 rings (SSSR count). The fourth-order valence-electron chi connectivity index (χ4n) is 2.16. The van der Waals surface area contributed by atoms with E-state index in [1.54, 1.807) is 0 Å². The fourth-order valence-corrected chi connectivity index (χ4v) is 2.16. The van der Waals surface area contributed by atoms with Gasteiger partial charge in [-0.2, -0.15) is 0 Å². The minimum absolute atomic E-state index is 0.381. The lowest BCUT2D eigenvalue weighted by Gasteiger charge is -2.16. The molecule has 0 saturated heterocycles. The van der Waals surface area contributed by atoms with Gasteiger partial charge in [-0.25, -0.2) is 0 Å². The predicted molar refractivity (Wildman–Crippen MR) is 75.7 cm³/mol. The standard InChI is InChI=1S/C16H20N2/c1-12-3-4-15(9-13(12)2)16(11-17)10-14-5-7-18-8-6-14/h3-9,16H,10-11,17H2,1-2H3. The van der Waals surface area contributed by atoms with Gasteiger partial charge in [-0.05, 0) is 61.2 Å². The number of nitrogens with two attached hydrogens (primary N) is 1. The smallest absolute Gasteiger partial charge is 0.0270 e. The molecular formula is C16H20N2. The van der Waals surface area contributed by atoms with Crippen molar-refractivity contribution in [3.05, 3.63) is 65.0 Å². The van der Waals surface area contributed by atoms with Crippen molar-refractivity contribution < 1.29 is 0 Å². The highest BCUT2D eigenvalue weighted by molar-refractivity contribution is 5.33. The summed E-state index contributed by atoms with van der Waals surface area (Å²) < 4.78 is 0. The summed E-state index contributed by atoms with van der Waals surface area (Å²) in [5, 5.41) is 0. The Hall–Kier alpha value is -1.67. The zero-order valence-electron chi connectivity index (χ0n) is 11.1. The lowest BCUT2D eigenvalue weighted by molar-refractivity contribution is 0.693. The summed E-state index contributed by atoms with van der Waals surface area (Å²) in [4.78, 5) is 4.05. The van der Waals surface area contributed by atoms with Crippen LogP contribution < -0.4 is 5.73 Å². The monoisotopic (exact) mass is 240 g/mol. The van der Waals surface area contributed by atoms with Gasteiger partial charge >= 0.3 is 0 Å². The summed E-state index contributed by atoms with van der Waals surface area (Å²) in [5.74, 6) is 0.381. The second kappa shape index (κ2) is 5.78. The Morgan fingerprint density at radius 1 is 1.06 bits per heavy atom. The Kier molecular flexibility index (Phi) is 4.11. The lowest BCUT2D eigenvalue weighted by Crippen LogP contribution is -2.15. The molecule has 0 amide bonds. The van der Waals surface area contributed by atoms with Crippen LogP contribution in [0.4, 0.5) is 0 Å². The molecule has 2 N–H and O–H groups in total. The average Bonchev–Trinajstić information content (AvgIpc) is 2.40. The van der Waals surface area contributed by atoms with Crippen LogP contribution in [0.25, 0.3) is 0 Å². The van der Waals surface area contributed by atoms with E-state index < -0.39 is 0 Å². The molecule has 0 aliphatic heterocycles. The third kappa shape index (κ3) is 2.96. The first-order valence-corrected chi connectivity index (χ1v) is 6.37. The van der Waals surface area contributed by atoms with Gasteiger partial charge in [0.25, 0.3) is 0 Å². The average molecular weight is 240 g/mol. The Morgan fingerprint density at radius 2 is 1.78 bits per heavy atom. The van der Waals surface area contributed by atoms with Crippen molar-refractivity contribution >= 4 is 0 Å². The Labute approximate surface area is 109 Å². The highest BCUT2D eigenvalue weighted by Crippen LogP contribution is 2.22. The van der Waals surface area contributed by atoms with Crippen molar-refractivity contribution in [2.45, 2.75) is 26.2 Å². The zero-order valence-corrected chi connectivity index (χ0v) is 11.1. The molecule has 1 aromatic carbocycles. The van der Waals surface area contributed by atoms with Crippen LogP contribution in [-0.4, -0.2) is 11.5 Å². The van der Waals surface area contributed by atoms with E-state index in [0.29, 0.717) is 12.5 Å². The molecule has 1 aromatic heterocycles. The maximum absolute atomic E-state index is 5.93. The van der Waals surface area contributed by atoms with Crippen molar-refractivity contribution in [3.8, 4) is 0 Å². The van der Waals surface area contributed by atoms with Crippen molar-refractivity contribution in [1.82, 2.24) is 4.98 Å². The number of aryl methyl sites for hydroxylation is 2. The normalized spacial score (nSPS) is 12.4. The molecule has 0 spiro atoms. The van der Waals surface area contributed by atoms with E-state index in [1.165, 1.54) is 22.3 Å². The lowest BCUT2D eigenvalue weighted by atomic mass is 9.90. The molecule has 18 heavy (non-hydrogen) atoms. The highest BCUT2D eigenvalue weighted by Gasteiger charge is 2.11. The minimum Gasteiger partial charge on any atom is -0.330 e. The molecule has 0 radical (unpaired) electrons. The van der Waals surface area contributed by atoms with Crippen LogP contribution >= 0.6 is 0 Å². The Morgan fingerprint density at radius 3 is 2.39 bits per heavy atom. The van der Waals surface area contributed by atoms with Gasteiger partial charge in [0.15, 0.2) is 0 Å². The first-order valence-electron chi connectivity index (χ1n) is 6.37. The number of hydrogen-bond acceptors (Lipinski definition) is 2. The van der Waals surface area contributed by atoms with Crippen LogP contribution in [0.5, 0.6) is 0 Å². The van der Waals surface area contributed by atoms with Gasteiger partial charge in [0, 0.05) is 18.3 Å². The summed E-state index contributed by atoms with van der Waals surface area (Å²) >= 11 is 0. The number of rotatable bonds is 4. The molecule has 0 saturated carbocycles. The predicted octanol–water partition coefficient (Wildman–Crippen LogP) is 2.98. The van der Waals surface area contributed by atoms with Crippen LogP contribution in [0.15, 0.2) is 42.7 Å². The molecule has 0 aliphatic carbocycles. The number of hydrogen-bond donors (Lipinski definition) is 1. The van der Waals surface area contributed by atoms with E-state index in [0.717, 1.165) is 6.42 Å². The maximum atomic E-state index is 5.93. The summed E-state index contributed by atoms with van der Waals surface area (Å²) in [6, 6.07) is 10.8. The SMILES string of the molecule is Cc1ccc(C(CN)Cc2ccncc2)cc1C. The zero-order chi connectivity index (χ0) is 13.0. The van der Waals surface area contributed by atoms with Crippen LogP contribution in [0.2, 0.25) is 0 Å². The van der Waals surface area contributed by atoms with Crippen LogP contribution in [0.1, 0.15) is 28.2 Å². The summed E-state index contributed by atoms with van der Waals surface area (Å²) in [5.41, 5.74) is 11.2. The molecule has 2 heteroatoms. The number of benzene rings is 1. The molecule has 1 atom stereocenters. The van der Waals surface area contributed by atoms with Crippen molar-refractivity contribution in [2.24, 2.45) is 5.73 Å². The number of aromatic nitrogens is 1. The van der Waals surface area contributed by atoms with Gasteiger partial charge < -0.3 is 5.73 Å². The molecule has 1 heterocycles. The molecule has 0 fully saturated rings. The van der Waals surface area contributed by atoms with Gasteiger partial charge in [-0.15, -0.1) is 0 Å². The van der Waals surface area contributed by atoms with E-state index in [1.807, 2.05) is 12.4 Å². The first-order chi connectivity index (χ1) is 8.70. The van der Waals surface area contributed by atoms with E-state index in [4.69, 9.17) is 5.73 Å². The van der Waals surface area contributed by atoms with Crippen LogP contribution in [-0.2, 0) is 6.42 Å². The molecule has 0 aliphatic rings. The molecule has 2 nitrogen and oxygen atoms in total. The molecular weight excluding hydrogens is 220 g/mol. The van der Waals surface area contributed by atoms with Crippen molar-refractivity contribution in [2.75, 3.05) is 6.54 Å². The van der Waals surface area contributed by atoms with E-state index in [2.05, 4.69) is 49.2 Å². The molecule has 1 unspecified atom stereocenters. The van der Waals surface area contributed by atoms with Gasteiger partial charge in [-0.1, -0.05) is 18.2 Å². The van der Waals surface area contributed by atoms with Crippen molar-refractivity contribution in [1.29, 1.82) is 0 Å². The van der Waals surface area contributed by atoms with Gasteiger partial charge in [0.05, 0.1) is 0 Å². The number of nitrogens with zero attached hydrogens (tertiary/aromatic N) is 1. The topological polar surface area (TPSA) is 38.9 Å². The van der Waals surface area contributed by atoms with Gasteiger partial charge in [0.1, 0.15) is 0 Å². The largest absolute Gasteiger partial charge is 0.330 e. The van der Waals surface area contributed by atoms with Crippen LogP contribution in [0.3, 0.4) is 0 Å². The highest BCUT2D eigenvalue weighted by atomic mass is 14.6. The van der Waals surface area contributed by atoms with E-state index >= 15 is 0 Å². The molecule has 2 aromatic rings. The Bertz CT molecular complexity index is 506. The maximum Gasteiger partial charge on any atom is 0.0270 e. The summed E-state index contributed by atoms with van der Waals surface area (Å²) in [6.45, 7) is 4.96. The fraction of sp³-hybridized carbons (Fsp3) is 0.312. The van der Waals surface area contributed by atoms with Gasteiger partial charge in [-0.3, -0.25) is 4.98 Å². The minimum atomic E-state index is 0.381. The molecule has 0 bridgehead atoms. The first kappa shape index (κ1) is 12.8. The summed E-state index contributed by atoms with van der Waals surface area (Å²) in [7, 11) is 0. The molecule has 94 valence electrons. The van der Waals surface area contributed by atoms with Crippen molar-refractivity contribution in [3.63, 3.8) is 0 Å². The van der Waals surface area contributed by atoms with E-state index in [9.17, 15) is 0 Å². The quantitative estimate of drug-likeness (QED) is 0.892. The van der Waals surface area contributed by atoms with Gasteiger partial charge in [0.2, 0.25) is 0 Å². The van der Waals surface area contributed by atoms with E-state index in [-0.39, 0.29) is 0 Å². The summed E-state index contributed by atoms with van der Waals surface area (Å²) in [6.07, 6.45) is 4.65. The third-order valence-corrected chi connectivity index (χ3v) is 3.52. The number of pyridine rings is 1. The second-order valence-electron chi connectivity index (χ2n) is 4.84. The third-order valence-electron chi connectivity index (χ3n) is 3.52. The van der Waals surface area contributed by atoms with Crippen LogP contribution in [0, 0.1) is 13.8 Å².